The molecule has 160 valence electrons. The van der Waals surface area contributed by atoms with E-state index in [1.54, 1.807) is 12.1 Å². The van der Waals surface area contributed by atoms with Crippen LogP contribution in [0.15, 0.2) is 78.6 Å². The number of non-ortho nitro benzene ring substituents is 1. The molecule has 0 saturated carbocycles. The second kappa shape index (κ2) is 9.13. The van der Waals surface area contributed by atoms with Crippen LogP contribution in [-0.2, 0) is 16.1 Å². The normalized spacial score (nSPS) is 13.4. The van der Waals surface area contributed by atoms with Gasteiger partial charge < -0.3 is 14.2 Å². The SMILES string of the molecule is O=C(COc1ccc2c(c1)O/C(=C\c1ccc([N+](=O)[O-])cc1)C2=O)OCc1ccccc1. The van der Waals surface area contributed by atoms with Crippen LogP contribution in [0.5, 0.6) is 11.5 Å². The Morgan fingerprint density at radius 1 is 1.03 bits per heavy atom. The fourth-order valence-corrected chi connectivity index (χ4v) is 3.02. The minimum Gasteiger partial charge on any atom is -0.482 e. The molecule has 0 spiro atoms. The number of rotatable bonds is 7. The summed E-state index contributed by atoms with van der Waals surface area (Å²) < 4.78 is 16.3. The van der Waals surface area contributed by atoms with E-state index in [-0.39, 0.29) is 30.4 Å². The molecule has 0 saturated heterocycles. The maximum absolute atomic E-state index is 12.6. The van der Waals surface area contributed by atoms with Gasteiger partial charge in [-0.05, 0) is 41.5 Å². The van der Waals surface area contributed by atoms with Crippen molar-refractivity contribution in [1.82, 2.24) is 0 Å². The van der Waals surface area contributed by atoms with Gasteiger partial charge in [0.1, 0.15) is 18.1 Å². The highest BCUT2D eigenvalue weighted by Crippen LogP contribution is 2.35. The minimum atomic E-state index is -0.523. The fraction of sp³-hybridized carbons (Fsp3) is 0.0833. The summed E-state index contributed by atoms with van der Waals surface area (Å²) in [4.78, 5) is 34.7. The number of ketones is 1. The van der Waals surface area contributed by atoms with Crippen molar-refractivity contribution in [3.63, 3.8) is 0 Å². The van der Waals surface area contributed by atoms with Gasteiger partial charge >= 0.3 is 5.97 Å². The van der Waals surface area contributed by atoms with Crippen LogP contribution in [0.1, 0.15) is 21.5 Å². The first kappa shape index (κ1) is 20.8. The van der Waals surface area contributed by atoms with Gasteiger partial charge in [0.25, 0.3) is 5.69 Å². The fourth-order valence-electron chi connectivity index (χ4n) is 3.02. The number of nitro benzene ring substituents is 1. The van der Waals surface area contributed by atoms with Gasteiger partial charge in [-0.2, -0.15) is 0 Å². The maximum atomic E-state index is 12.6. The summed E-state index contributed by atoms with van der Waals surface area (Å²) in [7, 11) is 0. The van der Waals surface area contributed by atoms with Gasteiger partial charge in [-0.15, -0.1) is 0 Å². The van der Waals surface area contributed by atoms with Gasteiger partial charge in [-0.3, -0.25) is 14.9 Å². The molecule has 0 radical (unpaired) electrons. The van der Waals surface area contributed by atoms with E-state index in [0.29, 0.717) is 22.6 Å². The first-order valence-electron chi connectivity index (χ1n) is 9.65. The highest BCUT2D eigenvalue weighted by molar-refractivity contribution is 6.14. The number of carbonyl (C=O) groups excluding carboxylic acids is 2. The van der Waals surface area contributed by atoms with Crippen molar-refractivity contribution in [2.24, 2.45) is 0 Å². The van der Waals surface area contributed by atoms with E-state index in [9.17, 15) is 19.7 Å². The predicted octanol–water partition coefficient (Wildman–Crippen LogP) is 4.33. The number of ether oxygens (including phenoxy) is 3. The van der Waals surface area contributed by atoms with Crippen LogP contribution in [0.2, 0.25) is 0 Å². The molecule has 0 fully saturated rings. The summed E-state index contributed by atoms with van der Waals surface area (Å²) in [5, 5.41) is 10.8. The van der Waals surface area contributed by atoms with E-state index in [1.807, 2.05) is 30.3 Å². The molecule has 8 heteroatoms. The molecule has 0 aromatic heterocycles. The van der Waals surface area contributed by atoms with Crippen molar-refractivity contribution in [3.05, 3.63) is 105 Å². The Hall–Kier alpha value is -4.46. The molecular formula is C24H17NO7. The van der Waals surface area contributed by atoms with Crippen molar-refractivity contribution in [1.29, 1.82) is 0 Å². The third kappa shape index (κ3) is 4.81. The first-order chi connectivity index (χ1) is 15.5. The zero-order valence-corrected chi connectivity index (χ0v) is 16.7. The Morgan fingerprint density at radius 3 is 2.50 bits per heavy atom. The standard InChI is InChI=1S/C24H17NO7/c26-23(31-14-17-4-2-1-3-5-17)15-30-19-10-11-20-21(13-19)32-22(24(20)27)12-16-6-8-18(9-7-16)25(28)29/h1-13H,14-15H2/b22-12-. The molecule has 0 amide bonds. The lowest BCUT2D eigenvalue weighted by molar-refractivity contribution is -0.384. The second-order valence-electron chi connectivity index (χ2n) is 6.88. The molecule has 1 aliphatic rings. The van der Waals surface area contributed by atoms with Crippen molar-refractivity contribution in [2.45, 2.75) is 6.61 Å². The van der Waals surface area contributed by atoms with Crippen molar-refractivity contribution in [2.75, 3.05) is 6.61 Å². The predicted molar refractivity (Wildman–Crippen MR) is 114 cm³/mol. The number of fused-ring (bicyclic) bond motifs is 1. The number of benzene rings is 3. The highest BCUT2D eigenvalue weighted by Gasteiger charge is 2.28. The molecule has 3 aromatic carbocycles. The zero-order valence-electron chi connectivity index (χ0n) is 16.7. The van der Waals surface area contributed by atoms with E-state index in [4.69, 9.17) is 14.2 Å². The van der Waals surface area contributed by atoms with Gasteiger partial charge in [0.15, 0.2) is 12.4 Å². The lowest BCUT2D eigenvalue weighted by atomic mass is 10.1. The van der Waals surface area contributed by atoms with Gasteiger partial charge in [0.2, 0.25) is 5.78 Å². The summed E-state index contributed by atoms with van der Waals surface area (Å²) in [5.41, 5.74) is 1.78. The molecule has 0 aliphatic carbocycles. The summed E-state index contributed by atoms with van der Waals surface area (Å²) in [6.07, 6.45) is 1.51. The average Bonchev–Trinajstić information content (AvgIpc) is 3.11. The van der Waals surface area contributed by atoms with Crippen molar-refractivity contribution < 1.29 is 28.7 Å². The Labute approximate surface area is 182 Å². The lowest BCUT2D eigenvalue weighted by Crippen LogP contribution is -2.14. The first-order valence-corrected chi connectivity index (χ1v) is 9.65. The number of nitrogens with zero attached hydrogens (tertiary/aromatic N) is 1. The maximum Gasteiger partial charge on any atom is 0.344 e. The van der Waals surface area contributed by atoms with Crippen LogP contribution in [0, 0.1) is 10.1 Å². The molecular weight excluding hydrogens is 414 g/mol. The van der Waals surface area contributed by atoms with Gasteiger partial charge in [-0.1, -0.05) is 30.3 Å². The topological polar surface area (TPSA) is 105 Å². The Morgan fingerprint density at radius 2 is 1.78 bits per heavy atom. The molecule has 1 aliphatic heterocycles. The number of nitro groups is 1. The highest BCUT2D eigenvalue weighted by atomic mass is 16.6. The lowest BCUT2D eigenvalue weighted by Gasteiger charge is -2.08. The molecule has 32 heavy (non-hydrogen) atoms. The average molecular weight is 431 g/mol. The van der Waals surface area contributed by atoms with Gasteiger partial charge in [0, 0.05) is 18.2 Å². The van der Waals surface area contributed by atoms with Gasteiger partial charge in [-0.25, -0.2) is 4.79 Å². The molecule has 3 aromatic rings. The number of Topliss-reactive ketones (excluding diaryl/α,β-unsaturated/α-hetero) is 1. The Bertz CT molecular complexity index is 1200. The smallest absolute Gasteiger partial charge is 0.344 e. The molecule has 1 heterocycles. The molecule has 0 bridgehead atoms. The monoisotopic (exact) mass is 431 g/mol. The molecule has 0 atom stereocenters. The molecule has 4 rings (SSSR count). The molecule has 8 nitrogen and oxygen atoms in total. The van der Waals surface area contributed by atoms with E-state index >= 15 is 0 Å². The van der Waals surface area contributed by atoms with E-state index in [1.165, 1.54) is 36.4 Å². The molecule has 0 N–H and O–H groups in total. The van der Waals surface area contributed by atoms with Crippen LogP contribution < -0.4 is 9.47 Å². The van der Waals surface area contributed by atoms with E-state index in [0.717, 1.165) is 5.56 Å². The van der Waals surface area contributed by atoms with Crippen LogP contribution in [-0.4, -0.2) is 23.3 Å². The van der Waals surface area contributed by atoms with Crippen LogP contribution >= 0.6 is 0 Å². The summed E-state index contributed by atoms with van der Waals surface area (Å²) >= 11 is 0. The quantitative estimate of drug-likeness (QED) is 0.237. The van der Waals surface area contributed by atoms with Gasteiger partial charge in [0.05, 0.1) is 10.5 Å². The van der Waals surface area contributed by atoms with Crippen LogP contribution in [0.25, 0.3) is 6.08 Å². The summed E-state index contributed by atoms with van der Waals surface area (Å²) in [5.74, 6) is -0.0892. The summed E-state index contributed by atoms with van der Waals surface area (Å²) in [6, 6.07) is 19.7. The van der Waals surface area contributed by atoms with Crippen molar-refractivity contribution in [3.8, 4) is 11.5 Å². The minimum absolute atomic E-state index is 0.0433. The second-order valence-corrected chi connectivity index (χ2v) is 6.88. The zero-order chi connectivity index (χ0) is 22.5. The number of hydrogen-bond donors (Lipinski definition) is 0. The Balaban J connectivity index is 1.37. The summed E-state index contributed by atoms with van der Waals surface area (Å²) in [6.45, 7) is -0.132. The van der Waals surface area contributed by atoms with Crippen LogP contribution in [0.3, 0.4) is 0 Å². The largest absolute Gasteiger partial charge is 0.482 e. The number of esters is 1. The third-order valence-corrected chi connectivity index (χ3v) is 4.64. The van der Waals surface area contributed by atoms with Crippen molar-refractivity contribution >= 4 is 23.5 Å². The number of allylic oxidation sites excluding steroid dienone is 1. The third-order valence-electron chi connectivity index (χ3n) is 4.64. The van der Waals surface area contributed by atoms with E-state index < -0.39 is 10.9 Å². The van der Waals surface area contributed by atoms with Crippen LogP contribution in [0.4, 0.5) is 5.69 Å². The Kier molecular flexibility index (Phi) is 5.94. The molecule has 0 unspecified atom stereocenters. The number of hydrogen-bond acceptors (Lipinski definition) is 7. The van der Waals surface area contributed by atoms with E-state index in [2.05, 4.69) is 0 Å². The number of carbonyl (C=O) groups is 2.